The molecule has 0 saturated carbocycles. The fraction of sp³-hybridized carbons (Fsp3) is 0.455. The molecule has 0 aliphatic rings. The van der Waals surface area contributed by atoms with Crippen molar-refractivity contribution in [2.24, 2.45) is 0 Å². The molecule has 0 aliphatic heterocycles. The van der Waals surface area contributed by atoms with Gasteiger partial charge >= 0.3 is 0 Å². The van der Waals surface area contributed by atoms with Crippen LogP contribution >= 0.6 is 31.9 Å². The molecule has 1 aromatic carbocycles. The molecule has 14 heavy (non-hydrogen) atoms. The maximum atomic E-state index is 3.59. The van der Waals surface area contributed by atoms with Crippen LogP contribution in [0.1, 0.15) is 31.9 Å². The molecule has 0 aromatic heterocycles. The van der Waals surface area contributed by atoms with Crippen LogP contribution in [0.4, 0.5) is 0 Å². The van der Waals surface area contributed by atoms with Crippen LogP contribution in [0.15, 0.2) is 27.1 Å². The maximum Gasteiger partial charge on any atom is 0.0328 e. The molecule has 1 aromatic rings. The van der Waals surface area contributed by atoms with Gasteiger partial charge < -0.3 is 5.32 Å². The van der Waals surface area contributed by atoms with E-state index in [1.54, 1.807) is 0 Å². The molecule has 1 unspecified atom stereocenters. The first kappa shape index (κ1) is 12.2. The minimum Gasteiger partial charge on any atom is -0.310 e. The minimum atomic E-state index is 0.447. The molecule has 0 spiro atoms. The van der Waals surface area contributed by atoms with Gasteiger partial charge in [-0.05, 0) is 30.7 Å². The van der Waals surface area contributed by atoms with E-state index in [-0.39, 0.29) is 0 Å². The highest BCUT2D eigenvalue weighted by molar-refractivity contribution is 9.11. The maximum absolute atomic E-state index is 3.59. The van der Waals surface area contributed by atoms with E-state index in [9.17, 15) is 0 Å². The van der Waals surface area contributed by atoms with E-state index in [1.807, 2.05) is 0 Å². The second-order valence-corrected chi connectivity index (χ2v) is 4.95. The van der Waals surface area contributed by atoms with Crippen LogP contribution in [0, 0.1) is 0 Å². The Morgan fingerprint density at radius 2 is 2.00 bits per heavy atom. The Hall–Kier alpha value is 0.140. The summed E-state index contributed by atoms with van der Waals surface area (Å²) in [6.07, 6.45) is 1.11. The summed E-state index contributed by atoms with van der Waals surface area (Å²) in [5.41, 5.74) is 1.33. The Kier molecular flexibility index (Phi) is 5.13. The van der Waals surface area contributed by atoms with E-state index in [4.69, 9.17) is 0 Å². The monoisotopic (exact) mass is 319 g/mol. The number of rotatable bonds is 4. The number of nitrogens with one attached hydrogen (secondary N) is 1. The average Bonchev–Trinajstić information content (AvgIpc) is 2.15. The quantitative estimate of drug-likeness (QED) is 0.873. The van der Waals surface area contributed by atoms with E-state index in [2.05, 4.69) is 69.2 Å². The van der Waals surface area contributed by atoms with Gasteiger partial charge in [0.15, 0.2) is 0 Å². The van der Waals surface area contributed by atoms with Crippen molar-refractivity contribution >= 4 is 31.9 Å². The highest BCUT2D eigenvalue weighted by Crippen LogP contribution is 2.28. The Morgan fingerprint density at radius 1 is 1.29 bits per heavy atom. The molecule has 0 fully saturated rings. The van der Waals surface area contributed by atoms with Crippen LogP contribution in [-0.2, 0) is 0 Å². The van der Waals surface area contributed by atoms with Crippen molar-refractivity contribution in [1.82, 2.24) is 5.32 Å². The molecular formula is C11H15Br2N. The lowest BCUT2D eigenvalue weighted by Crippen LogP contribution is -2.20. The molecule has 1 rings (SSSR count). The molecule has 0 bridgehead atoms. The summed E-state index contributed by atoms with van der Waals surface area (Å²) < 4.78 is 2.28. The summed E-state index contributed by atoms with van der Waals surface area (Å²) in [5, 5.41) is 3.46. The van der Waals surface area contributed by atoms with Gasteiger partial charge in [0, 0.05) is 15.0 Å². The topological polar surface area (TPSA) is 12.0 Å². The lowest BCUT2D eigenvalue weighted by atomic mass is 10.0. The van der Waals surface area contributed by atoms with Gasteiger partial charge in [0.2, 0.25) is 0 Å². The van der Waals surface area contributed by atoms with Crippen molar-refractivity contribution in [3.8, 4) is 0 Å². The van der Waals surface area contributed by atoms with E-state index in [0.29, 0.717) is 6.04 Å². The largest absolute Gasteiger partial charge is 0.310 e. The van der Waals surface area contributed by atoms with Gasteiger partial charge in [0.05, 0.1) is 0 Å². The second kappa shape index (κ2) is 5.89. The van der Waals surface area contributed by atoms with Gasteiger partial charge in [0.1, 0.15) is 0 Å². The van der Waals surface area contributed by atoms with Crippen molar-refractivity contribution in [3.63, 3.8) is 0 Å². The van der Waals surface area contributed by atoms with E-state index in [0.717, 1.165) is 17.4 Å². The lowest BCUT2D eigenvalue weighted by molar-refractivity contribution is 0.535. The van der Waals surface area contributed by atoms with Crippen LogP contribution in [0.3, 0.4) is 0 Å². The van der Waals surface area contributed by atoms with Gasteiger partial charge in [-0.25, -0.2) is 0 Å². The van der Waals surface area contributed by atoms with Crippen molar-refractivity contribution < 1.29 is 0 Å². The Labute approximate surface area is 103 Å². The first-order valence-corrected chi connectivity index (χ1v) is 6.46. The third kappa shape index (κ3) is 3.07. The number of hydrogen-bond acceptors (Lipinski definition) is 1. The number of benzene rings is 1. The minimum absolute atomic E-state index is 0.447. The van der Waals surface area contributed by atoms with Gasteiger partial charge in [-0.3, -0.25) is 0 Å². The summed E-state index contributed by atoms with van der Waals surface area (Å²) in [4.78, 5) is 0. The molecule has 0 radical (unpaired) electrons. The van der Waals surface area contributed by atoms with Gasteiger partial charge in [0.25, 0.3) is 0 Å². The Balaban J connectivity index is 2.92. The van der Waals surface area contributed by atoms with Crippen molar-refractivity contribution in [1.29, 1.82) is 0 Å². The van der Waals surface area contributed by atoms with Gasteiger partial charge in [-0.15, -0.1) is 0 Å². The van der Waals surface area contributed by atoms with E-state index >= 15 is 0 Å². The predicted molar refractivity (Wildman–Crippen MR) is 68.6 cm³/mol. The Bertz CT molecular complexity index is 299. The smallest absolute Gasteiger partial charge is 0.0328 e. The van der Waals surface area contributed by atoms with Crippen molar-refractivity contribution in [2.45, 2.75) is 26.3 Å². The molecule has 3 heteroatoms. The molecule has 1 nitrogen and oxygen atoms in total. The Morgan fingerprint density at radius 3 is 2.50 bits per heavy atom. The van der Waals surface area contributed by atoms with Crippen LogP contribution < -0.4 is 5.32 Å². The van der Waals surface area contributed by atoms with Crippen molar-refractivity contribution in [2.75, 3.05) is 6.54 Å². The summed E-state index contributed by atoms with van der Waals surface area (Å²) in [5.74, 6) is 0. The van der Waals surface area contributed by atoms with Crippen LogP contribution in [0.25, 0.3) is 0 Å². The summed E-state index contributed by atoms with van der Waals surface area (Å²) in [7, 11) is 0. The van der Waals surface area contributed by atoms with E-state index in [1.165, 1.54) is 10.0 Å². The molecular weight excluding hydrogens is 306 g/mol. The molecule has 0 heterocycles. The number of halogens is 2. The zero-order chi connectivity index (χ0) is 10.6. The summed E-state index contributed by atoms with van der Waals surface area (Å²) >= 11 is 7.04. The summed E-state index contributed by atoms with van der Waals surface area (Å²) in [6, 6.07) is 6.78. The first-order valence-electron chi connectivity index (χ1n) is 4.87. The zero-order valence-electron chi connectivity index (χ0n) is 8.48. The van der Waals surface area contributed by atoms with Crippen LogP contribution in [0.2, 0.25) is 0 Å². The average molecular weight is 321 g/mol. The lowest BCUT2D eigenvalue weighted by Gasteiger charge is -2.17. The zero-order valence-corrected chi connectivity index (χ0v) is 11.7. The fourth-order valence-corrected chi connectivity index (χ4v) is 2.83. The standard InChI is InChI=1S/C11H15Br2N/c1-3-11(14-4-2)9-6-5-8(12)7-10(9)13/h5-7,11,14H,3-4H2,1-2H3. The first-order chi connectivity index (χ1) is 6.69. The molecule has 0 amide bonds. The second-order valence-electron chi connectivity index (χ2n) is 3.18. The normalized spacial score (nSPS) is 12.9. The molecule has 78 valence electrons. The molecule has 0 saturated heterocycles. The highest BCUT2D eigenvalue weighted by atomic mass is 79.9. The molecule has 1 N–H and O–H groups in total. The summed E-state index contributed by atoms with van der Waals surface area (Å²) in [6.45, 7) is 5.33. The van der Waals surface area contributed by atoms with Gasteiger partial charge in [-0.1, -0.05) is 51.8 Å². The molecule has 1 atom stereocenters. The third-order valence-corrected chi connectivity index (χ3v) is 3.38. The number of hydrogen-bond donors (Lipinski definition) is 1. The van der Waals surface area contributed by atoms with Gasteiger partial charge in [-0.2, -0.15) is 0 Å². The highest BCUT2D eigenvalue weighted by Gasteiger charge is 2.10. The van der Waals surface area contributed by atoms with Crippen LogP contribution in [-0.4, -0.2) is 6.54 Å². The van der Waals surface area contributed by atoms with Crippen LogP contribution in [0.5, 0.6) is 0 Å². The fourth-order valence-electron chi connectivity index (χ4n) is 1.50. The SMILES string of the molecule is CCNC(CC)c1ccc(Br)cc1Br. The van der Waals surface area contributed by atoms with Crippen molar-refractivity contribution in [3.05, 3.63) is 32.7 Å². The molecule has 0 aliphatic carbocycles. The predicted octanol–water partition coefficient (Wildman–Crippen LogP) is 4.27. The van der Waals surface area contributed by atoms with E-state index < -0.39 is 0 Å². The third-order valence-electron chi connectivity index (χ3n) is 2.20.